The molecule has 0 radical (unpaired) electrons. The van der Waals surface area contributed by atoms with E-state index in [0.717, 1.165) is 0 Å². The molecule has 0 aromatic heterocycles. The van der Waals surface area contributed by atoms with Crippen LogP contribution in [0.3, 0.4) is 0 Å². The van der Waals surface area contributed by atoms with Gasteiger partial charge in [0, 0.05) is 12.6 Å². The largest absolute Gasteiger partial charge is 0.395 e. The van der Waals surface area contributed by atoms with Gasteiger partial charge in [-0.25, -0.2) is 15.1 Å². The number of aliphatic imine (C=N–C) groups is 1. The molecule has 0 unspecified atom stereocenters. The molecule has 1 atom stereocenters. The van der Waals surface area contributed by atoms with Gasteiger partial charge in [-0.3, -0.25) is 0 Å². The van der Waals surface area contributed by atoms with Crippen molar-refractivity contribution in [1.29, 1.82) is 0 Å². The molecule has 0 aromatic rings. The quantitative estimate of drug-likeness (QED) is 0.132. The van der Waals surface area contributed by atoms with Gasteiger partial charge in [-0.15, -0.1) is 0 Å². The highest BCUT2D eigenvalue weighted by Crippen LogP contribution is 1.93. The van der Waals surface area contributed by atoms with Crippen LogP contribution in [0.1, 0.15) is 12.8 Å². The average Bonchev–Trinajstić information content (AvgIpc) is 2.10. The molecule has 0 bridgehead atoms. The van der Waals surface area contributed by atoms with E-state index in [-0.39, 0.29) is 18.6 Å². The third kappa shape index (κ3) is 7.25. The monoisotopic (exact) mass is 205 g/mol. The van der Waals surface area contributed by atoms with Crippen LogP contribution in [-0.2, 0) is 0 Å². The van der Waals surface area contributed by atoms with Gasteiger partial charge in [0.25, 0.3) is 5.96 Å². The maximum atomic E-state index is 9.88. The highest BCUT2D eigenvalue weighted by Gasteiger charge is 2.00. The predicted octanol–water partition coefficient (Wildman–Crippen LogP) is -1.82. The molecule has 6 N–H and O–H groups in total. The zero-order valence-corrected chi connectivity index (χ0v) is 7.72. The number of nitrogens with zero attached hydrogens (tertiary/aromatic N) is 2. The standard InChI is InChI=1S/C6H15N5O3/c7-5(4-12)2-1-3-9-6(8)10-11(13)14/h5,12H,1-4,7H2,(H3,8,9,10)/t5-/m0/s1. The first-order valence-electron chi connectivity index (χ1n) is 4.13. The maximum Gasteiger partial charge on any atom is 0.251 e. The van der Waals surface area contributed by atoms with Gasteiger partial charge in [0.2, 0.25) is 0 Å². The molecule has 0 aromatic carbocycles. The average molecular weight is 205 g/mol. The molecule has 0 aliphatic heterocycles. The lowest BCUT2D eigenvalue weighted by Crippen LogP contribution is -2.36. The van der Waals surface area contributed by atoms with Crippen LogP contribution in [0.2, 0.25) is 0 Å². The van der Waals surface area contributed by atoms with E-state index in [9.17, 15) is 10.1 Å². The number of hydrogen-bond acceptors (Lipinski definition) is 5. The smallest absolute Gasteiger partial charge is 0.251 e. The van der Waals surface area contributed by atoms with Crippen molar-refractivity contribution >= 4 is 5.96 Å². The van der Waals surface area contributed by atoms with Crippen molar-refractivity contribution in [3.63, 3.8) is 0 Å². The Morgan fingerprint density at radius 2 is 2.36 bits per heavy atom. The van der Waals surface area contributed by atoms with Gasteiger partial charge in [-0.05, 0) is 12.8 Å². The molecule has 0 saturated heterocycles. The molecule has 0 aliphatic rings. The number of hydrazine groups is 1. The van der Waals surface area contributed by atoms with E-state index < -0.39 is 5.03 Å². The second-order valence-corrected chi connectivity index (χ2v) is 2.72. The number of rotatable bonds is 6. The summed E-state index contributed by atoms with van der Waals surface area (Å²) in [5.41, 5.74) is 12.3. The van der Waals surface area contributed by atoms with Gasteiger partial charge in [0.15, 0.2) is 5.03 Å². The van der Waals surface area contributed by atoms with Crippen molar-refractivity contribution in [1.82, 2.24) is 5.43 Å². The minimum Gasteiger partial charge on any atom is -0.395 e. The zero-order chi connectivity index (χ0) is 11.0. The minimum absolute atomic E-state index is 0.0770. The van der Waals surface area contributed by atoms with Crippen LogP contribution in [0.4, 0.5) is 0 Å². The Hall–Kier alpha value is -1.41. The summed E-state index contributed by atoms with van der Waals surface area (Å²) in [7, 11) is 0. The second-order valence-electron chi connectivity index (χ2n) is 2.72. The molecule has 8 nitrogen and oxygen atoms in total. The fourth-order valence-corrected chi connectivity index (χ4v) is 0.773. The van der Waals surface area contributed by atoms with E-state index in [2.05, 4.69) is 4.99 Å². The summed E-state index contributed by atoms with van der Waals surface area (Å²) in [6.45, 7) is 0.271. The predicted molar refractivity (Wildman–Crippen MR) is 50.9 cm³/mol. The van der Waals surface area contributed by atoms with E-state index in [1.54, 1.807) is 5.43 Å². The third-order valence-electron chi connectivity index (χ3n) is 1.46. The molecule has 0 spiro atoms. The summed E-state index contributed by atoms with van der Waals surface area (Å²) in [5.74, 6) is -0.229. The van der Waals surface area contributed by atoms with Crippen LogP contribution in [0.15, 0.2) is 4.99 Å². The zero-order valence-electron chi connectivity index (χ0n) is 7.72. The van der Waals surface area contributed by atoms with Crippen molar-refractivity contribution in [2.45, 2.75) is 18.9 Å². The fourth-order valence-electron chi connectivity index (χ4n) is 0.773. The normalized spacial score (nSPS) is 13.7. The van der Waals surface area contributed by atoms with Gasteiger partial charge in [0.1, 0.15) is 0 Å². The van der Waals surface area contributed by atoms with Crippen LogP contribution in [-0.4, -0.2) is 35.3 Å². The summed E-state index contributed by atoms with van der Waals surface area (Å²) in [6.07, 6.45) is 1.23. The summed E-state index contributed by atoms with van der Waals surface area (Å²) in [6, 6.07) is -0.269. The van der Waals surface area contributed by atoms with Crippen LogP contribution < -0.4 is 16.9 Å². The van der Waals surface area contributed by atoms with Gasteiger partial charge in [0.05, 0.1) is 6.61 Å². The molecule has 14 heavy (non-hydrogen) atoms. The van der Waals surface area contributed by atoms with Crippen molar-refractivity contribution in [3.8, 4) is 0 Å². The number of guanidine groups is 1. The summed E-state index contributed by atoms with van der Waals surface area (Å²) >= 11 is 0. The van der Waals surface area contributed by atoms with Crippen molar-refractivity contribution in [3.05, 3.63) is 10.1 Å². The molecule has 82 valence electrons. The number of aliphatic hydroxyl groups is 1. The molecule has 0 heterocycles. The van der Waals surface area contributed by atoms with Crippen molar-refractivity contribution < 1.29 is 10.1 Å². The molecular weight excluding hydrogens is 190 g/mol. The first-order valence-corrected chi connectivity index (χ1v) is 4.13. The lowest BCUT2D eigenvalue weighted by atomic mass is 10.2. The van der Waals surface area contributed by atoms with Gasteiger partial charge in [-0.1, -0.05) is 5.43 Å². The minimum atomic E-state index is -0.779. The van der Waals surface area contributed by atoms with Gasteiger partial charge < -0.3 is 16.6 Å². The Kier molecular flexibility index (Phi) is 6.33. The molecule has 0 fully saturated rings. The van der Waals surface area contributed by atoms with Crippen molar-refractivity contribution in [2.75, 3.05) is 13.2 Å². The molecule has 0 aliphatic carbocycles. The Morgan fingerprint density at radius 1 is 1.71 bits per heavy atom. The first kappa shape index (κ1) is 12.6. The highest BCUT2D eigenvalue weighted by molar-refractivity contribution is 5.76. The topological polar surface area (TPSA) is 140 Å². The Bertz CT molecular complexity index is 208. The molecule has 0 rings (SSSR count). The highest BCUT2D eigenvalue weighted by atomic mass is 16.7. The van der Waals surface area contributed by atoms with E-state index >= 15 is 0 Å². The van der Waals surface area contributed by atoms with Crippen LogP contribution in [0.25, 0.3) is 0 Å². The Labute approximate surface area is 81.1 Å². The number of hydrogen-bond donors (Lipinski definition) is 4. The number of nitrogens with two attached hydrogens (primary N) is 2. The van der Waals surface area contributed by atoms with Gasteiger partial charge in [-0.2, -0.15) is 0 Å². The Morgan fingerprint density at radius 3 is 2.86 bits per heavy atom. The summed E-state index contributed by atoms with van der Waals surface area (Å²) in [4.78, 5) is 13.6. The third-order valence-corrected chi connectivity index (χ3v) is 1.46. The number of nitro groups is 1. The number of nitrogens with one attached hydrogen (secondary N) is 1. The fraction of sp³-hybridized carbons (Fsp3) is 0.833. The van der Waals surface area contributed by atoms with E-state index in [0.29, 0.717) is 19.4 Å². The van der Waals surface area contributed by atoms with E-state index in [1.807, 2.05) is 0 Å². The Balaban J connectivity index is 3.55. The summed E-state index contributed by atoms with van der Waals surface area (Å²) in [5, 5.41) is 17.7. The number of aliphatic hydroxyl groups excluding tert-OH is 1. The van der Waals surface area contributed by atoms with Crippen molar-refractivity contribution in [2.24, 2.45) is 16.5 Å². The lowest BCUT2D eigenvalue weighted by molar-refractivity contribution is -0.525. The first-order chi connectivity index (χ1) is 6.56. The van der Waals surface area contributed by atoms with Crippen LogP contribution >= 0.6 is 0 Å². The van der Waals surface area contributed by atoms with E-state index in [4.69, 9.17) is 16.6 Å². The summed E-state index contributed by atoms with van der Waals surface area (Å²) < 4.78 is 0. The SMILES string of the molecule is NC(=NCCC[C@H](N)CO)N[N+](=O)[O-]. The van der Waals surface area contributed by atoms with Crippen LogP contribution in [0, 0.1) is 10.1 Å². The molecular formula is C6H15N5O3. The lowest BCUT2D eigenvalue weighted by Gasteiger charge is -2.05. The second kappa shape index (κ2) is 7.04. The maximum absolute atomic E-state index is 9.88. The molecule has 0 saturated carbocycles. The van der Waals surface area contributed by atoms with Crippen LogP contribution in [0.5, 0.6) is 0 Å². The van der Waals surface area contributed by atoms with E-state index in [1.165, 1.54) is 0 Å². The molecule has 8 heteroatoms. The van der Waals surface area contributed by atoms with Gasteiger partial charge >= 0.3 is 0 Å². The molecule has 0 amide bonds.